The highest BCUT2D eigenvalue weighted by Crippen LogP contribution is 2.39. The van der Waals surface area contributed by atoms with Crippen LogP contribution in [0.1, 0.15) is 33.1 Å². The highest BCUT2D eigenvalue weighted by atomic mass is 16.5. The third kappa shape index (κ3) is 4.73. The minimum atomic E-state index is -0.769. The van der Waals surface area contributed by atoms with Crippen LogP contribution in [0.3, 0.4) is 0 Å². The van der Waals surface area contributed by atoms with Gasteiger partial charge in [0.05, 0.1) is 37.5 Å². The molecule has 178 valence electrons. The first-order valence-electron chi connectivity index (χ1n) is 11.2. The fourth-order valence-electron chi connectivity index (χ4n) is 4.32. The number of methoxy groups -OCH3 is 1. The van der Waals surface area contributed by atoms with Gasteiger partial charge in [0, 0.05) is 31.7 Å². The minimum Gasteiger partial charge on any atom is -0.507 e. The third-order valence-corrected chi connectivity index (χ3v) is 6.27. The van der Waals surface area contributed by atoms with Gasteiger partial charge in [0.2, 0.25) is 0 Å². The topological polar surface area (TPSA) is 96.4 Å². The summed E-state index contributed by atoms with van der Waals surface area (Å²) in [7, 11) is 1.30. The summed E-state index contributed by atoms with van der Waals surface area (Å²) in [5.41, 5.74) is 2.50. The van der Waals surface area contributed by atoms with E-state index in [-0.39, 0.29) is 11.3 Å². The van der Waals surface area contributed by atoms with Gasteiger partial charge >= 0.3 is 5.97 Å². The van der Waals surface area contributed by atoms with E-state index in [4.69, 9.17) is 9.47 Å². The molecule has 0 bridgehead atoms. The molecular weight excluding hydrogens is 436 g/mol. The number of esters is 1. The summed E-state index contributed by atoms with van der Waals surface area (Å²) in [6.07, 6.45) is 0. The van der Waals surface area contributed by atoms with E-state index in [0.717, 1.165) is 18.7 Å². The van der Waals surface area contributed by atoms with Crippen LogP contribution in [0.15, 0.2) is 54.1 Å². The summed E-state index contributed by atoms with van der Waals surface area (Å²) in [5, 5.41) is 11.1. The molecular formula is C26H28N2O6. The second kappa shape index (κ2) is 10.2. The first kappa shape index (κ1) is 23.7. The Morgan fingerprint density at radius 2 is 1.62 bits per heavy atom. The van der Waals surface area contributed by atoms with Gasteiger partial charge in [-0.2, -0.15) is 0 Å². The van der Waals surface area contributed by atoms with E-state index in [1.807, 2.05) is 19.1 Å². The van der Waals surface area contributed by atoms with Gasteiger partial charge in [-0.3, -0.25) is 14.5 Å². The van der Waals surface area contributed by atoms with E-state index >= 15 is 0 Å². The maximum Gasteiger partial charge on any atom is 0.337 e. The van der Waals surface area contributed by atoms with E-state index in [1.165, 1.54) is 12.0 Å². The van der Waals surface area contributed by atoms with Crippen LogP contribution in [0, 0.1) is 6.92 Å². The van der Waals surface area contributed by atoms with E-state index in [1.54, 1.807) is 36.4 Å². The van der Waals surface area contributed by atoms with Gasteiger partial charge in [-0.05, 0) is 24.6 Å². The molecule has 2 saturated heterocycles. The second-order valence-electron chi connectivity index (χ2n) is 8.43. The minimum absolute atomic E-state index is 0.0432. The highest BCUT2D eigenvalue weighted by molar-refractivity contribution is 6.46. The Labute approximate surface area is 198 Å². The molecule has 0 aromatic heterocycles. The van der Waals surface area contributed by atoms with Crippen molar-refractivity contribution >= 4 is 23.4 Å². The van der Waals surface area contributed by atoms with Crippen molar-refractivity contribution in [3.8, 4) is 0 Å². The highest BCUT2D eigenvalue weighted by Gasteiger charge is 2.46. The van der Waals surface area contributed by atoms with Crippen molar-refractivity contribution in [3.63, 3.8) is 0 Å². The molecule has 0 radical (unpaired) electrons. The molecule has 0 spiro atoms. The SMILES string of the molecule is COC(=O)c1ccc([C@@H]2C(=C(O)c3ccc(C)cc3)C(=O)C(=O)N2CCN2CCOCC2)cc1. The Morgan fingerprint density at radius 3 is 2.24 bits per heavy atom. The van der Waals surface area contributed by atoms with Crippen molar-refractivity contribution in [3.05, 3.63) is 76.4 Å². The monoisotopic (exact) mass is 464 g/mol. The van der Waals surface area contributed by atoms with Crippen LogP contribution in [0.2, 0.25) is 0 Å². The predicted molar refractivity (Wildman–Crippen MR) is 125 cm³/mol. The molecule has 0 saturated carbocycles. The maximum atomic E-state index is 13.1. The molecule has 2 aromatic rings. The lowest BCUT2D eigenvalue weighted by Crippen LogP contribution is -2.42. The van der Waals surface area contributed by atoms with E-state index in [9.17, 15) is 19.5 Å². The number of hydrogen-bond acceptors (Lipinski definition) is 7. The fraction of sp³-hybridized carbons (Fsp3) is 0.346. The molecule has 0 aliphatic carbocycles. The normalized spacial score (nSPS) is 20.5. The number of carbonyl (C=O) groups excluding carboxylic acids is 3. The summed E-state index contributed by atoms with van der Waals surface area (Å²) < 4.78 is 10.2. The van der Waals surface area contributed by atoms with Crippen LogP contribution in [0.4, 0.5) is 0 Å². The Morgan fingerprint density at radius 1 is 1.00 bits per heavy atom. The smallest absolute Gasteiger partial charge is 0.337 e. The summed E-state index contributed by atoms with van der Waals surface area (Å²) in [5.74, 6) is -2.06. The second-order valence-corrected chi connectivity index (χ2v) is 8.43. The van der Waals surface area contributed by atoms with E-state index in [0.29, 0.717) is 43.0 Å². The van der Waals surface area contributed by atoms with E-state index < -0.39 is 23.7 Å². The zero-order chi connectivity index (χ0) is 24.2. The van der Waals surface area contributed by atoms with Crippen LogP contribution in [0.25, 0.3) is 5.76 Å². The van der Waals surface area contributed by atoms with Gasteiger partial charge in [-0.1, -0.05) is 42.0 Å². The van der Waals surface area contributed by atoms with Crippen molar-refractivity contribution in [1.82, 2.24) is 9.80 Å². The summed E-state index contributed by atoms with van der Waals surface area (Å²) in [6, 6.07) is 12.9. The van der Waals surface area contributed by atoms with Crippen molar-refractivity contribution in [2.45, 2.75) is 13.0 Å². The molecule has 4 rings (SSSR count). The molecule has 8 heteroatoms. The number of ketones is 1. The molecule has 2 aromatic carbocycles. The number of benzene rings is 2. The Bertz CT molecular complexity index is 1100. The lowest BCUT2D eigenvalue weighted by Gasteiger charge is -2.31. The zero-order valence-corrected chi connectivity index (χ0v) is 19.3. The number of likely N-dealkylation sites (tertiary alicyclic amines) is 1. The van der Waals surface area contributed by atoms with Crippen molar-refractivity contribution < 1.29 is 29.0 Å². The molecule has 2 aliphatic rings. The molecule has 0 unspecified atom stereocenters. The number of carbonyl (C=O) groups is 3. The van der Waals surface area contributed by atoms with Crippen molar-refractivity contribution in [2.75, 3.05) is 46.5 Å². The largest absolute Gasteiger partial charge is 0.507 e. The number of aryl methyl sites for hydroxylation is 1. The van der Waals surface area contributed by atoms with Crippen LogP contribution in [-0.2, 0) is 19.1 Å². The third-order valence-electron chi connectivity index (χ3n) is 6.27. The van der Waals surface area contributed by atoms with Crippen LogP contribution < -0.4 is 0 Å². The number of hydrogen-bond donors (Lipinski definition) is 1. The number of Topliss-reactive ketones (excluding diaryl/α,β-unsaturated/α-hetero) is 1. The molecule has 2 aliphatic heterocycles. The Balaban J connectivity index is 1.73. The van der Waals surface area contributed by atoms with Gasteiger partial charge in [-0.25, -0.2) is 4.79 Å². The molecule has 1 amide bonds. The van der Waals surface area contributed by atoms with Crippen LogP contribution in [0.5, 0.6) is 0 Å². The summed E-state index contributed by atoms with van der Waals surface area (Å²) >= 11 is 0. The molecule has 2 fully saturated rings. The average Bonchev–Trinajstić information content (AvgIpc) is 3.12. The van der Waals surface area contributed by atoms with Gasteiger partial charge < -0.3 is 19.5 Å². The van der Waals surface area contributed by atoms with Crippen LogP contribution >= 0.6 is 0 Å². The number of aliphatic hydroxyl groups is 1. The Hall–Kier alpha value is -3.49. The van der Waals surface area contributed by atoms with Gasteiger partial charge in [-0.15, -0.1) is 0 Å². The first-order chi connectivity index (χ1) is 16.4. The molecule has 34 heavy (non-hydrogen) atoms. The number of ether oxygens (including phenoxy) is 2. The van der Waals surface area contributed by atoms with Crippen molar-refractivity contribution in [1.29, 1.82) is 0 Å². The number of amides is 1. The molecule has 1 N–H and O–H groups in total. The quantitative estimate of drug-likeness (QED) is 0.304. The average molecular weight is 465 g/mol. The van der Waals surface area contributed by atoms with Gasteiger partial charge in [0.15, 0.2) is 0 Å². The Kier molecular flexibility index (Phi) is 7.09. The predicted octanol–water partition coefficient (Wildman–Crippen LogP) is 2.54. The molecule has 2 heterocycles. The van der Waals surface area contributed by atoms with E-state index in [2.05, 4.69) is 4.90 Å². The lowest BCUT2D eigenvalue weighted by atomic mass is 9.94. The van der Waals surface area contributed by atoms with Gasteiger partial charge in [0.25, 0.3) is 11.7 Å². The van der Waals surface area contributed by atoms with Crippen molar-refractivity contribution in [2.24, 2.45) is 0 Å². The summed E-state index contributed by atoms with van der Waals surface area (Å²) in [4.78, 5) is 41.8. The fourth-order valence-corrected chi connectivity index (χ4v) is 4.32. The first-order valence-corrected chi connectivity index (χ1v) is 11.2. The molecule has 8 nitrogen and oxygen atoms in total. The maximum absolute atomic E-state index is 13.1. The zero-order valence-electron chi connectivity index (χ0n) is 19.3. The van der Waals surface area contributed by atoms with Gasteiger partial charge in [0.1, 0.15) is 5.76 Å². The summed E-state index contributed by atoms with van der Waals surface area (Å²) in [6.45, 7) is 5.60. The lowest BCUT2D eigenvalue weighted by molar-refractivity contribution is -0.140. The standard InChI is InChI=1S/C26H28N2O6/c1-17-3-5-19(6-4-17)23(29)21-22(18-7-9-20(10-8-18)26(32)33-2)28(25(31)24(21)30)12-11-27-13-15-34-16-14-27/h3-10,22,29H,11-16H2,1-2H3/t22-/m1/s1. The number of morpholine rings is 1. The number of aliphatic hydroxyl groups excluding tert-OH is 1. The number of nitrogens with zero attached hydrogens (tertiary/aromatic N) is 2. The van der Waals surface area contributed by atoms with Crippen LogP contribution in [-0.4, -0.2) is 79.1 Å². The molecule has 1 atom stereocenters. The number of rotatable bonds is 6.